The number of para-hydroxylation sites is 1. The van der Waals surface area contributed by atoms with Crippen molar-refractivity contribution in [3.05, 3.63) is 65.2 Å². The number of hydrogen-bond donors (Lipinski definition) is 1. The number of anilines is 1. The molecule has 0 aliphatic heterocycles. The van der Waals surface area contributed by atoms with Crippen molar-refractivity contribution in [3.8, 4) is 0 Å². The smallest absolute Gasteiger partial charge is 0.279 e. The molecule has 0 spiro atoms. The summed E-state index contributed by atoms with van der Waals surface area (Å²) in [6.45, 7) is 0. The fourth-order valence-electron chi connectivity index (χ4n) is 1.63. The van der Waals surface area contributed by atoms with E-state index in [-0.39, 0.29) is 5.56 Å². The van der Waals surface area contributed by atoms with E-state index >= 15 is 0 Å². The minimum atomic E-state index is -5.08. The van der Waals surface area contributed by atoms with Crippen LogP contribution in [0.3, 0.4) is 0 Å². The molecule has 2 aromatic carbocycles. The summed E-state index contributed by atoms with van der Waals surface area (Å²) >= 11 is 0. The van der Waals surface area contributed by atoms with Gasteiger partial charge in [-0.1, -0.05) is 18.2 Å². The Morgan fingerprint density at radius 1 is 0.952 bits per heavy atom. The predicted molar refractivity (Wildman–Crippen MR) is 69.0 cm³/mol. The average Bonchev–Trinajstić information content (AvgIpc) is 2.37. The average molecular weight is 300 g/mol. The lowest BCUT2D eigenvalue weighted by molar-refractivity contribution is -0.142. The molecule has 2 nitrogen and oxygen atoms in total. The third kappa shape index (κ3) is 3.77. The Bertz CT molecular complexity index is 627. The first-order valence-electron chi connectivity index (χ1n) is 5.78. The zero-order valence-corrected chi connectivity index (χ0v) is 10.5. The van der Waals surface area contributed by atoms with Crippen LogP contribution in [-0.2, 0) is 6.18 Å². The number of nitrogens with zero attached hydrogens (tertiary/aromatic N) is 1. The van der Waals surface area contributed by atoms with Gasteiger partial charge in [0.25, 0.3) is 0 Å². The van der Waals surface area contributed by atoms with Crippen molar-refractivity contribution in [2.24, 2.45) is 5.10 Å². The van der Waals surface area contributed by atoms with Crippen molar-refractivity contribution in [3.63, 3.8) is 0 Å². The van der Waals surface area contributed by atoms with Gasteiger partial charge in [0.15, 0.2) is 0 Å². The highest BCUT2D eigenvalue weighted by Gasteiger charge is 2.37. The number of alkyl halides is 3. The second-order valence-electron chi connectivity index (χ2n) is 4.09. The van der Waals surface area contributed by atoms with E-state index in [1.807, 2.05) is 0 Å². The molecule has 0 aliphatic rings. The topological polar surface area (TPSA) is 24.4 Å². The van der Waals surface area contributed by atoms with Crippen molar-refractivity contribution in [2.45, 2.75) is 6.18 Å². The van der Waals surface area contributed by atoms with E-state index in [1.54, 1.807) is 30.3 Å². The Balaban J connectivity index is 2.19. The molecule has 0 bridgehead atoms. The summed E-state index contributed by atoms with van der Waals surface area (Å²) in [5, 5.41) is 3.70. The number of rotatable bonds is 3. The highest BCUT2D eigenvalue weighted by molar-refractivity contribution is 5.80. The monoisotopic (exact) mass is 300 g/mol. The minimum Gasteiger partial charge on any atom is -0.279 e. The lowest BCUT2D eigenvalue weighted by Crippen LogP contribution is -2.12. The van der Waals surface area contributed by atoms with Gasteiger partial charge in [0.1, 0.15) is 17.2 Å². The van der Waals surface area contributed by atoms with E-state index in [2.05, 4.69) is 10.5 Å². The number of benzene rings is 2. The van der Waals surface area contributed by atoms with Gasteiger partial charge in [0, 0.05) is 5.56 Å². The fraction of sp³-hybridized carbons (Fsp3) is 0.0714. The highest BCUT2D eigenvalue weighted by Crippen LogP contribution is 2.33. The fourth-order valence-corrected chi connectivity index (χ4v) is 1.63. The molecule has 110 valence electrons. The lowest BCUT2D eigenvalue weighted by atomic mass is 10.1. The first kappa shape index (κ1) is 15.0. The third-order valence-electron chi connectivity index (χ3n) is 2.53. The number of hydrazone groups is 1. The Morgan fingerprint density at radius 3 is 2.05 bits per heavy atom. The van der Waals surface area contributed by atoms with Gasteiger partial charge in [-0.2, -0.15) is 18.3 Å². The summed E-state index contributed by atoms with van der Waals surface area (Å²) in [6, 6.07) is 9.82. The predicted octanol–water partition coefficient (Wildman–Crippen LogP) is 4.43. The van der Waals surface area contributed by atoms with Crippen molar-refractivity contribution in [1.29, 1.82) is 0 Å². The molecule has 0 saturated heterocycles. The molecule has 0 aromatic heterocycles. The highest BCUT2D eigenvalue weighted by atomic mass is 19.4. The molecule has 0 amide bonds. The van der Waals surface area contributed by atoms with Crippen LogP contribution in [0.4, 0.5) is 27.6 Å². The van der Waals surface area contributed by atoms with Crippen LogP contribution in [0.2, 0.25) is 0 Å². The Hall–Kier alpha value is -2.44. The molecule has 0 aliphatic carbocycles. The maximum atomic E-state index is 13.3. The first-order chi connectivity index (χ1) is 9.88. The molecule has 0 fully saturated rings. The largest absolute Gasteiger partial charge is 0.422 e. The van der Waals surface area contributed by atoms with Crippen LogP contribution in [0.15, 0.2) is 47.6 Å². The van der Waals surface area contributed by atoms with Gasteiger partial charge >= 0.3 is 6.18 Å². The molecule has 0 radical (unpaired) electrons. The van der Waals surface area contributed by atoms with E-state index in [4.69, 9.17) is 0 Å². The first-order valence-corrected chi connectivity index (χ1v) is 5.78. The summed E-state index contributed by atoms with van der Waals surface area (Å²) in [7, 11) is 0. The zero-order valence-electron chi connectivity index (χ0n) is 10.5. The van der Waals surface area contributed by atoms with Crippen molar-refractivity contribution in [2.75, 3.05) is 5.43 Å². The van der Waals surface area contributed by atoms with E-state index in [0.29, 0.717) is 17.8 Å². The van der Waals surface area contributed by atoms with Crippen LogP contribution in [0.25, 0.3) is 0 Å². The summed E-state index contributed by atoms with van der Waals surface area (Å²) < 4.78 is 63.8. The third-order valence-corrected chi connectivity index (χ3v) is 2.53. The molecule has 0 atom stereocenters. The molecular formula is C14H9F5N2. The number of halogens is 5. The standard InChI is InChI=1S/C14H9F5N2/c15-11-6-9(7-12(16)13(11)14(17,18)19)8-20-21-10-4-2-1-3-5-10/h1-8,21H. The van der Waals surface area contributed by atoms with Gasteiger partial charge in [0.05, 0.1) is 11.9 Å². The van der Waals surface area contributed by atoms with E-state index in [0.717, 1.165) is 6.21 Å². The molecule has 0 unspecified atom stereocenters. The second kappa shape index (κ2) is 5.90. The van der Waals surface area contributed by atoms with E-state index in [1.165, 1.54) is 0 Å². The van der Waals surface area contributed by atoms with Crippen LogP contribution in [-0.4, -0.2) is 6.21 Å². The molecular weight excluding hydrogens is 291 g/mol. The normalized spacial score (nSPS) is 11.9. The quantitative estimate of drug-likeness (QED) is 0.506. The molecule has 2 rings (SSSR count). The maximum Gasteiger partial charge on any atom is 0.422 e. The molecule has 1 N–H and O–H groups in total. The van der Waals surface area contributed by atoms with Crippen molar-refractivity contribution >= 4 is 11.9 Å². The van der Waals surface area contributed by atoms with E-state index in [9.17, 15) is 22.0 Å². The van der Waals surface area contributed by atoms with Gasteiger partial charge in [-0.05, 0) is 24.3 Å². The van der Waals surface area contributed by atoms with Crippen LogP contribution >= 0.6 is 0 Å². The van der Waals surface area contributed by atoms with Gasteiger partial charge in [0.2, 0.25) is 0 Å². The van der Waals surface area contributed by atoms with E-state index < -0.39 is 23.4 Å². The SMILES string of the molecule is Fc1cc(C=NNc2ccccc2)cc(F)c1C(F)(F)F. The summed E-state index contributed by atoms with van der Waals surface area (Å²) in [5.74, 6) is -3.35. The Morgan fingerprint density at radius 2 is 1.52 bits per heavy atom. The lowest BCUT2D eigenvalue weighted by Gasteiger charge is -2.09. The molecule has 0 heterocycles. The summed E-state index contributed by atoms with van der Waals surface area (Å²) in [5.41, 5.74) is 1.18. The summed E-state index contributed by atoms with van der Waals surface area (Å²) in [4.78, 5) is 0. The van der Waals surface area contributed by atoms with Crippen LogP contribution < -0.4 is 5.43 Å². The van der Waals surface area contributed by atoms with Gasteiger partial charge in [-0.15, -0.1) is 0 Å². The van der Waals surface area contributed by atoms with Crippen molar-refractivity contribution < 1.29 is 22.0 Å². The van der Waals surface area contributed by atoms with Crippen LogP contribution in [0.1, 0.15) is 11.1 Å². The maximum absolute atomic E-state index is 13.3. The Kier molecular flexibility index (Phi) is 4.21. The van der Waals surface area contributed by atoms with Gasteiger partial charge < -0.3 is 0 Å². The van der Waals surface area contributed by atoms with Crippen LogP contribution in [0.5, 0.6) is 0 Å². The van der Waals surface area contributed by atoms with Gasteiger partial charge in [-0.25, -0.2) is 8.78 Å². The van der Waals surface area contributed by atoms with Crippen molar-refractivity contribution in [1.82, 2.24) is 0 Å². The second-order valence-corrected chi connectivity index (χ2v) is 4.09. The number of hydrogen-bond acceptors (Lipinski definition) is 2. The molecule has 2 aromatic rings. The molecule has 7 heteroatoms. The summed E-state index contributed by atoms with van der Waals surface area (Å²) in [6.07, 6.45) is -4.05. The zero-order chi connectivity index (χ0) is 15.5. The van der Waals surface area contributed by atoms with Gasteiger partial charge in [-0.3, -0.25) is 5.43 Å². The molecule has 0 saturated carbocycles. The number of nitrogens with one attached hydrogen (secondary N) is 1. The minimum absolute atomic E-state index is 0.124. The molecule has 21 heavy (non-hydrogen) atoms. The van der Waals surface area contributed by atoms with Crippen LogP contribution in [0, 0.1) is 11.6 Å². The Labute approximate surface area is 116 Å².